The van der Waals surface area contributed by atoms with Gasteiger partial charge in [0.1, 0.15) is 0 Å². The first-order chi connectivity index (χ1) is 13.1. The molecule has 142 valence electrons. The molecule has 0 aromatic heterocycles. The minimum absolute atomic E-state index is 0.0168. The van der Waals surface area contributed by atoms with E-state index in [-0.39, 0.29) is 11.9 Å². The summed E-state index contributed by atoms with van der Waals surface area (Å²) in [5, 5.41) is 3.48. The van der Waals surface area contributed by atoms with Crippen molar-refractivity contribution in [3.8, 4) is 0 Å². The molecule has 1 fully saturated rings. The lowest BCUT2D eigenvalue weighted by molar-refractivity contribution is -0.142. The van der Waals surface area contributed by atoms with Crippen molar-refractivity contribution >= 4 is 27.5 Å². The van der Waals surface area contributed by atoms with Crippen LogP contribution in [0.4, 0.5) is 5.69 Å². The van der Waals surface area contributed by atoms with E-state index in [1.807, 2.05) is 66.4 Å². The predicted octanol–water partition coefficient (Wildman–Crippen LogP) is 5.14. The van der Waals surface area contributed by atoms with Crippen molar-refractivity contribution < 1.29 is 9.53 Å². The topological polar surface area (TPSA) is 41.6 Å². The molecule has 3 rings (SSSR count). The number of nitrogens with zero attached hydrogens (tertiary/aromatic N) is 1. The number of carbonyl (C=O) groups is 1. The number of likely N-dealkylation sites (tertiary alicyclic amines) is 1. The van der Waals surface area contributed by atoms with Gasteiger partial charge in [0.25, 0.3) is 5.91 Å². The van der Waals surface area contributed by atoms with Gasteiger partial charge in [0.05, 0.1) is 6.04 Å². The minimum atomic E-state index is -0.572. The van der Waals surface area contributed by atoms with Crippen molar-refractivity contribution in [1.82, 2.24) is 4.90 Å². The third kappa shape index (κ3) is 4.60. The molecule has 0 aliphatic carbocycles. The number of carbonyl (C=O) groups excluding carboxylic acids is 1. The SMILES string of the molecule is C/C=C(\Nc1ccc(Br)cc1)[C@@H]1CCCN1C(=O)[C@@H](OC)c1ccccc1. The Morgan fingerprint density at radius 3 is 2.56 bits per heavy atom. The fourth-order valence-electron chi connectivity index (χ4n) is 3.56. The second-order valence-electron chi connectivity index (χ2n) is 6.59. The first-order valence-electron chi connectivity index (χ1n) is 9.21. The molecule has 1 N–H and O–H groups in total. The molecule has 0 bridgehead atoms. The van der Waals surface area contributed by atoms with E-state index in [1.54, 1.807) is 7.11 Å². The van der Waals surface area contributed by atoms with Crippen molar-refractivity contribution in [3.63, 3.8) is 0 Å². The summed E-state index contributed by atoms with van der Waals surface area (Å²) in [6.07, 6.45) is 3.42. The van der Waals surface area contributed by atoms with Crippen LogP contribution in [0.25, 0.3) is 0 Å². The van der Waals surface area contributed by atoms with Crippen LogP contribution in [-0.2, 0) is 9.53 Å². The fourth-order valence-corrected chi connectivity index (χ4v) is 3.82. The minimum Gasteiger partial charge on any atom is -0.367 e. The highest BCUT2D eigenvalue weighted by molar-refractivity contribution is 9.10. The molecule has 1 aliphatic rings. The summed E-state index contributed by atoms with van der Waals surface area (Å²) in [4.78, 5) is 15.2. The zero-order chi connectivity index (χ0) is 19.2. The van der Waals surface area contributed by atoms with Crippen molar-refractivity contribution in [1.29, 1.82) is 0 Å². The zero-order valence-corrected chi connectivity index (χ0v) is 17.3. The molecule has 5 heteroatoms. The normalized spacial score (nSPS) is 18.4. The molecule has 27 heavy (non-hydrogen) atoms. The number of methoxy groups -OCH3 is 1. The average Bonchev–Trinajstić information content (AvgIpc) is 3.18. The van der Waals surface area contributed by atoms with Crippen molar-refractivity contribution in [3.05, 3.63) is 76.4 Å². The van der Waals surface area contributed by atoms with E-state index in [0.717, 1.165) is 40.8 Å². The molecule has 1 heterocycles. The van der Waals surface area contributed by atoms with E-state index in [0.29, 0.717) is 0 Å². The predicted molar refractivity (Wildman–Crippen MR) is 112 cm³/mol. The standard InChI is InChI=1S/C22H25BrN2O2/c1-3-19(24-18-13-11-17(23)12-14-18)20-10-7-15-25(20)22(26)21(27-2)16-8-5-4-6-9-16/h3-6,8-9,11-14,20-21,24H,7,10,15H2,1-2H3/b19-3-/t20-,21-/m0/s1. The Balaban J connectivity index is 1.78. The van der Waals surface area contributed by atoms with Gasteiger partial charge < -0.3 is 15.0 Å². The second kappa shape index (κ2) is 9.20. The zero-order valence-electron chi connectivity index (χ0n) is 15.7. The Hall–Kier alpha value is -2.11. The molecule has 2 aromatic carbocycles. The van der Waals surface area contributed by atoms with Gasteiger partial charge >= 0.3 is 0 Å². The molecule has 1 saturated heterocycles. The number of hydrogen-bond donors (Lipinski definition) is 1. The molecular weight excluding hydrogens is 404 g/mol. The van der Waals surface area contributed by atoms with E-state index in [9.17, 15) is 4.79 Å². The van der Waals surface area contributed by atoms with E-state index in [1.165, 1.54) is 0 Å². The lowest BCUT2D eigenvalue weighted by Crippen LogP contribution is -2.41. The number of allylic oxidation sites excluding steroid dienone is 1. The van der Waals surface area contributed by atoms with Gasteiger partial charge in [-0.2, -0.15) is 0 Å². The van der Waals surface area contributed by atoms with Crippen LogP contribution in [0.1, 0.15) is 31.4 Å². The van der Waals surface area contributed by atoms with Gasteiger partial charge in [-0.3, -0.25) is 4.79 Å². The summed E-state index contributed by atoms with van der Waals surface area (Å²) in [5.41, 5.74) is 2.95. The summed E-state index contributed by atoms with van der Waals surface area (Å²) < 4.78 is 6.61. The third-order valence-electron chi connectivity index (χ3n) is 4.90. The first kappa shape index (κ1) is 19.6. The maximum atomic E-state index is 13.2. The van der Waals surface area contributed by atoms with Crippen LogP contribution in [0.5, 0.6) is 0 Å². The fraction of sp³-hybridized carbons (Fsp3) is 0.318. The van der Waals surface area contributed by atoms with Gasteiger partial charge in [0.2, 0.25) is 0 Å². The summed E-state index contributed by atoms with van der Waals surface area (Å²) in [6, 6.07) is 17.8. The van der Waals surface area contributed by atoms with Crippen LogP contribution in [0.3, 0.4) is 0 Å². The van der Waals surface area contributed by atoms with Crippen LogP contribution < -0.4 is 5.32 Å². The lowest BCUT2D eigenvalue weighted by atomic mass is 10.1. The van der Waals surface area contributed by atoms with Crippen LogP contribution in [0, 0.1) is 0 Å². The molecule has 1 amide bonds. The van der Waals surface area contributed by atoms with Gasteiger partial charge in [-0.25, -0.2) is 0 Å². The molecule has 1 aliphatic heterocycles. The maximum Gasteiger partial charge on any atom is 0.256 e. The van der Waals surface area contributed by atoms with Gasteiger partial charge in [-0.15, -0.1) is 0 Å². The first-order valence-corrected chi connectivity index (χ1v) is 10.0. The summed E-state index contributed by atoms with van der Waals surface area (Å²) in [7, 11) is 1.59. The van der Waals surface area contributed by atoms with Crippen LogP contribution in [0.2, 0.25) is 0 Å². The van der Waals surface area contributed by atoms with Crippen molar-refractivity contribution in [2.45, 2.75) is 31.9 Å². The quantitative estimate of drug-likeness (QED) is 0.691. The molecule has 4 nitrogen and oxygen atoms in total. The Morgan fingerprint density at radius 2 is 1.93 bits per heavy atom. The Kier molecular flexibility index (Phi) is 6.69. The Bertz CT molecular complexity index is 790. The lowest BCUT2D eigenvalue weighted by Gasteiger charge is -2.30. The summed E-state index contributed by atoms with van der Waals surface area (Å²) in [6.45, 7) is 2.75. The average molecular weight is 429 g/mol. The van der Waals surface area contributed by atoms with Crippen LogP contribution >= 0.6 is 15.9 Å². The van der Waals surface area contributed by atoms with E-state index in [2.05, 4.69) is 27.3 Å². The van der Waals surface area contributed by atoms with Crippen LogP contribution in [-0.4, -0.2) is 30.5 Å². The molecule has 0 saturated carbocycles. The van der Waals surface area contributed by atoms with Gasteiger partial charge in [0.15, 0.2) is 6.10 Å². The molecular formula is C22H25BrN2O2. The summed E-state index contributed by atoms with van der Waals surface area (Å²) in [5.74, 6) is 0.0168. The van der Waals surface area contributed by atoms with E-state index >= 15 is 0 Å². The van der Waals surface area contributed by atoms with Crippen molar-refractivity contribution in [2.24, 2.45) is 0 Å². The van der Waals surface area contributed by atoms with Crippen LogP contribution in [0.15, 0.2) is 70.8 Å². The largest absolute Gasteiger partial charge is 0.367 e. The number of anilines is 1. The number of benzene rings is 2. The number of hydrogen-bond acceptors (Lipinski definition) is 3. The van der Waals surface area contributed by atoms with E-state index < -0.39 is 6.10 Å². The molecule has 0 radical (unpaired) electrons. The van der Waals surface area contributed by atoms with Crippen molar-refractivity contribution in [2.75, 3.05) is 19.0 Å². The molecule has 0 unspecified atom stereocenters. The monoisotopic (exact) mass is 428 g/mol. The third-order valence-corrected chi connectivity index (χ3v) is 5.43. The molecule has 0 spiro atoms. The number of rotatable bonds is 6. The number of amides is 1. The highest BCUT2D eigenvalue weighted by Gasteiger charge is 2.35. The number of nitrogens with one attached hydrogen (secondary N) is 1. The Labute approximate surface area is 169 Å². The number of halogens is 1. The smallest absolute Gasteiger partial charge is 0.256 e. The van der Waals surface area contributed by atoms with Gasteiger partial charge in [-0.05, 0) is 49.6 Å². The molecule has 2 atom stereocenters. The molecule has 2 aromatic rings. The summed E-state index contributed by atoms with van der Waals surface area (Å²) >= 11 is 3.46. The van der Waals surface area contributed by atoms with E-state index in [4.69, 9.17) is 4.74 Å². The maximum absolute atomic E-state index is 13.2. The second-order valence-corrected chi connectivity index (χ2v) is 7.51. The highest BCUT2D eigenvalue weighted by Crippen LogP contribution is 2.30. The Morgan fingerprint density at radius 1 is 1.22 bits per heavy atom. The van der Waals surface area contributed by atoms with Gasteiger partial charge in [-0.1, -0.05) is 52.3 Å². The highest BCUT2D eigenvalue weighted by atomic mass is 79.9. The van der Waals surface area contributed by atoms with Gasteiger partial charge in [0, 0.05) is 29.5 Å². The number of ether oxygens (including phenoxy) is 1.